The van der Waals surface area contributed by atoms with Crippen LogP contribution >= 0.6 is 43.2 Å². The Balaban J connectivity index is 2.13. The zero-order valence-corrected chi connectivity index (χ0v) is 12.9. The topological polar surface area (TPSA) is 47.0 Å². The highest BCUT2D eigenvalue weighted by atomic mass is 79.9. The van der Waals surface area contributed by atoms with Gasteiger partial charge in [-0.3, -0.25) is 0 Å². The number of hydrogen-bond acceptors (Lipinski definition) is 5. The van der Waals surface area contributed by atoms with E-state index in [1.807, 2.05) is 25.2 Å². The largest absolute Gasteiger partial charge is 0.429 e. The van der Waals surface area contributed by atoms with Gasteiger partial charge in [-0.2, -0.15) is 0 Å². The Morgan fingerprint density at radius 1 is 1.35 bits per heavy atom. The molecule has 0 saturated heterocycles. The van der Waals surface area contributed by atoms with Crippen LogP contribution in [0.25, 0.3) is 0 Å². The van der Waals surface area contributed by atoms with Crippen LogP contribution < -0.4 is 10.1 Å². The lowest BCUT2D eigenvalue weighted by molar-refractivity contribution is 0.470. The van der Waals surface area contributed by atoms with Crippen molar-refractivity contribution in [1.82, 2.24) is 15.5 Å². The summed E-state index contributed by atoms with van der Waals surface area (Å²) in [4.78, 5) is 0. The summed E-state index contributed by atoms with van der Waals surface area (Å²) in [7, 11) is 1.87. The third-order valence-corrected chi connectivity index (χ3v) is 3.78. The predicted molar refractivity (Wildman–Crippen MR) is 74.6 cm³/mol. The van der Waals surface area contributed by atoms with Crippen LogP contribution in [0.1, 0.15) is 5.01 Å². The molecule has 2 rings (SSSR count). The summed E-state index contributed by atoms with van der Waals surface area (Å²) in [5, 5.41) is 12.4. The van der Waals surface area contributed by atoms with E-state index < -0.39 is 0 Å². The molecule has 0 radical (unpaired) electrons. The van der Waals surface area contributed by atoms with Gasteiger partial charge >= 0.3 is 0 Å². The van der Waals surface area contributed by atoms with Crippen molar-refractivity contribution < 1.29 is 4.74 Å². The van der Waals surface area contributed by atoms with Crippen molar-refractivity contribution in [2.45, 2.75) is 6.54 Å². The molecule has 1 aromatic carbocycles. The van der Waals surface area contributed by atoms with Crippen LogP contribution in [0.5, 0.6) is 10.9 Å². The Kier molecular flexibility index (Phi) is 4.49. The molecule has 0 fully saturated rings. The van der Waals surface area contributed by atoms with E-state index in [-0.39, 0.29) is 0 Å². The minimum absolute atomic E-state index is 0.540. The molecule has 0 aliphatic rings. The predicted octanol–water partition coefficient (Wildman–Crippen LogP) is 3.57. The van der Waals surface area contributed by atoms with Gasteiger partial charge in [-0.1, -0.05) is 32.4 Å². The van der Waals surface area contributed by atoms with Crippen molar-refractivity contribution in [3.63, 3.8) is 0 Å². The van der Waals surface area contributed by atoms with Gasteiger partial charge in [0.1, 0.15) is 10.8 Å². The minimum Gasteiger partial charge on any atom is -0.429 e. The molecule has 17 heavy (non-hydrogen) atoms. The fourth-order valence-corrected chi connectivity index (χ4v) is 2.99. The zero-order chi connectivity index (χ0) is 12.3. The second-order valence-electron chi connectivity index (χ2n) is 3.17. The molecular formula is C10H9Br2N3OS. The van der Waals surface area contributed by atoms with Gasteiger partial charge in [0.05, 0.1) is 4.47 Å². The number of benzene rings is 1. The van der Waals surface area contributed by atoms with Gasteiger partial charge in [0.2, 0.25) is 0 Å². The van der Waals surface area contributed by atoms with E-state index in [9.17, 15) is 0 Å². The standard InChI is InChI=1S/C10H9Br2N3OS/c1-13-5-9-14-15-10(17-9)16-8-3-2-6(11)4-7(8)12/h2-4,13H,5H2,1H3. The number of nitrogens with zero attached hydrogens (tertiary/aromatic N) is 2. The third-order valence-electron chi connectivity index (χ3n) is 1.87. The maximum atomic E-state index is 5.64. The van der Waals surface area contributed by atoms with Crippen LogP contribution in [-0.2, 0) is 6.54 Å². The molecule has 0 spiro atoms. The molecule has 0 aliphatic carbocycles. The molecule has 0 aliphatic heterocycles. The first-order valence-corrected chi connectivity index (χ1v) is 7.19. The van der Waals surface area contributed by atoms with E-state index in [2.05, 4.69) is 47.4 Å². The first-order chi connectivity index (χ1) is 8.19. The lowest BCUT2D eigenvalue weighted by atomic mass is 10.3. The first-order valence-electron chi connectivity index (χ1n) is 4.79. The summed E-state index contributed by atoms with van der Waals surface area (Å²) in [6, 6.07) is 5.70. The van der Waals surface area contributed by atoms with Crippen molar-refractivity contribution in [3.8, 4) is 10.9 Å². The SMILES string of the molecule is CNCc1nnc(Oc2ccc(Br)cc2Br)s1. The molecule has 0 unspecified atom stereocenters. The highest BCUT2D eigenvalue weighted by molar-refractivity contribution is 9.11. The van der Waals surface area contributed by atoms with E-state index in [1.54, 1.807) is 0 Å². The van der Waals surface area contributed by atoms with E-state index in [0.29, 0.717) is 11.7 Å². The lowest BCUT2D eigenvalue weighted by Crippen LogP contribution is -2.04. The molecule has 4 nitrogen and oxygen atoms in total. The highest BCUT2D eigenvalue weighted by Gasteiger charge is 2.08. The Bertz CT molecular complexity index is 518. The van der Waals surface area contributed by atoms with Crippen molar-refractivity contribution in [1.29, 1.82) is 0 Å². The maximum Gasteiger partial charge on any atom is 0.299 e. The normalized spacial score (nSPS) is 10.5. The summed E-state index contributed by atoms with van der Waals surface area (Å²) >= 11 is 8.24. The van der Waals surface area contributed by atoms with Crippen LogP contribution in [0.2, 0.25) is 0 Å². The number of rotatable bonds is 4. The maximum absolute atomic E-state index is 5.64. The molecular weight excluding hydrogens is 370 g/mol. The molecule has 7 heteroatoms. The summed E-state index contributed by atoms with van der Waals surface area (Å²) in [5.41, 5.74) is 0. The minimum atomic E-state index is 0.540. The first kappa shape index (κ1) is 12.9. The summed E-state index contributed by atoms with van der Waals surface area (Å²) in [6.45, 7) is 0.697. The Hall–Kier alpha value is -0.500. The quantitative estimate of drug-likeness (QED) is 0.883. The smallest absolute Gasteiger partial charge is 0.299 e. The fraction of sp³-hybridized carbons (Fsp3) is 0.200. The van der Waals surface area contributed by atoms with Crippen molar-refractivity contribution in [2.24, 2.45) is 0 Å². The molecule has 0 atom stereocenters. The molecule has 0 saturated carbocycles. The third kappa shape index (κ3) is 3.48. The summed E-state index contributed by atoms with van der Waals surface area (Å²) < 4.78 is 7.50. The van der Waals surface area contributed by atoms with E-state index >= 15 is 0 Å². The number of hydrogen-bond donors (Lipinski definition) is 1. The van der Waals surface area contributed by atoms with Gasteiger partial charge in [0, 0.05) is 11.0 Å². The molecule has 0 amide bonds. The summed E-state index contributed by atoms with van der Waals surface area (Å²) in [5.74, 6) is 0.723. The lowest BCUT2D eigenvalue weighted by Gasteiger charge is -2.03. The second kappa shape index (κ2) is 5.90. The molecule has 1 aromatic heterocycles. The van der Waals surface area contributed by atoms with Crippen molar-refractivity contribution in [2.75, 3.05) is 7.05 Å². The monoisotopic (exact) mass is 377 g/mol. The molecule has 1 N–H and O–H groups in total. The number of nitrogens with one attached hydrogen (secondary N) is 1. The van der Waals surface area contributed by atoms with Crippen molar-refractivity contribution in [3.05, 3.63) is 32.2 Å². The van der Waals surface area contributed by atoms with Gasteiger partial charge < -0.3 is 10.1 Å². The van der Waals surface area contributed by atoms with Gasteiger partial charge in [-0.25, -0.2) is 0 Å². The van der Waals surface area contributed by atoms with Crippen LogP contribution in [0.15, 0.2) is 27.1 Å². The van der Waals surface area contributed by atoms with E-state index in [1.165, 1.54) is 11.3 Å². The van der Waals surface area contributed by atoms with Crippen LogP contribution in [0, 0.1) is 0 Å². The number of halogens is 2. The van der Waals surface area contributed by atoms with Crippen LogP contribution in [-0.4, -0.2) is 17.2 Å². The Labute approximate surface area is 120 Å². The average Bonchev–Trinajstić information content (AvgIpc) is 2.71. The fourth-order valence-electron chi connectivity index (χ4n) is 1.15. The summed E-state index contributed by atoms with van der Waals surface area (Å²) in [6.07, 6.45) is 0. The zero-order valence-electron chi connectivity index (χ0n) is 8.91. The molecule has 0 bridgehead atoms. The van der Waals surface area contributed by atoms with E-state index in [0.717, 1.165) is 19.7 Å². The van der Waals surface area contributed by atoms with E-state index in [4.69, 9.17) is 4.74 Å². The molecule has 1 heterocycles. The molecule has 2 aromatic rings. The van der Waals surface area contributed by atoms with Gasteiger partial charge in [0.25, 0.3) is 5.19 Å². The Morgan fingerprint density at radius 2 is 2.18 bits per heavy atom. The van der Waals surface area contributed by atoms with Crippen LogP contribution in [0.3, 0.4) is 0 Å². The number of ether oxygens (including phenoxy) is 1. The number of aromatic nitrogens is 2. The average molecular weight is 379 g/mol. The highest BCUT2D eigenvalue weighted by Crippen LogP contribution is 2.33. The van der Waals surface area contributed by atoms with Gasteiger partial charge in [-0.15, -0.1) is 5.10 Å². The van der Waals surface area contributed by atoms with Gasteiger partial charge in [-0.05, 0) is 41.2 Å². The Morgan fingerprint density at radius 3 is 2.88 bits per heavy atom. The second-order valence-corrected chi connectivity index (χ2v) is 5.96. The van der Waals surface area contributed by atoms with Crippen LogP contribution in [0.4, 0.5) is 0 Å². The molecule has 90 valence electrons. The van der Waals surface area contributed by atoms with Crippen molar-refractivity contribution >= 4 is 43.2 Å². The van der Waals surface area contributed by atoms with Gasteiger partial charge in [0.15, 0.2) is 0 Å².